The Morgan fingerprint density at radius 2 is 1.91 bits per heavy atom. The molecule has 2 unspecified atom stereocenters. The molecule has 0 spiro atoms. The van der Waals surface area contributed by atoms with E-state index in [1.165, 1.54) is 17.5 Å². The number of rotatable bonds is 5. The number of amides is 1. The Bertz CT molecular complexity index is 1330. The molecule has 2 aromatic heterocycles. The van der Waals surface area contributed by atoms with E-state index in [9.17, 15) is 4.79 Å². The number of carbonyl (C=O) groups excluding carboxylic acids is 1. The molecular weight excluding hydrogens is 424 g/mol. The van der Waals surface area contributed by atoms with E-state index in [1.807, 2.05) is 19.2 Å². The second-order valence-corrected chi connectivity index (χ2v) is 9.91. The molecule has 176 valence electrons. The van der Waals surface area contributed by atoms with Crippen LogP contribution in [0.2, 0.25) is 0 Å². The Labute approximate surface area is 201 Å². The van der Waals surface area contributed by atoms with Crippen LogP contribution < -0.4 is 9.64 Å². The van der Waals surface area contributed by atoms with Gasteiger partial charge in [0, 0.05) is 7.05 Å². The molecule has 1 aromatic carbocycles. The molecule has 2 fully saturated rings. The van der Waals surface area contributed by atoms with E-state index in [0.717, 1.165) is 42.5 Å². The second kappa shape index (κ2) is 8.79. The Morgan fingerprint density at radius 1 is 1.15 bits per heavy atom. The van der Waals surface area contributed by atoms with Crippen molar-refractivity contribution in [2.75, 3.05) is 4.90 Å². The zero-order chi connectivity index (χ0) is 24.0. The van der Waals surface area contributed by atoms with Gasteiger partial charge in [-0.1, -0.05) is 18.9 Å². The van der Waals surface area contributed by atoms with Crippen LogP contribution in [0.25, 0.3) is 11.0 Å². The highest BCUT2D eigenvalue weighted by Gasteiger charge is 2.32. The van der Waals surface area contributed by atoms with Crippen LogP contribution in [0, 0.1) is 31.6 Å². The number of benzene rings is 1. The van der Waals surface area contributed by atoms with Crippen molar-refractivity contribution in [1.29, 1.82) is 0 Å². The number of aromatic nitrogens is 3. The molecule has 0 bridgehead atoms. The fraction of sp³-hybridized carbons (Fsp3) is 0.464. The summed E-state index contributed by atoms with van der Waals surface area (Å²) in [5.74, 6) is 7.45. The summed E-state index contributed by atoms with van der Waals surface area (Å²) < 4.78 is 8.10. The molecule has 2 heterocycles. The number of pyridine rings is 1. The molecule has 5 rings (SSSR count). The Balaban J connectivity index is 1.62. The third-order valence-electron chi connectivity index (χ3n) is 7.14. The zero-order valence-corrected chi connectivity index (χ0v) is 20.7. The molecule has 0 saturated heterocycles. The van der Waals surface area contributed by atoms with Crippen molar-refractivity contribution < 1.29 is 9.53 Å². The van der Waals surface area contributed by atoms with Gasteiger partial charge in [0.25, 0.3) is 5.88 Å². The summed E-state index contributed by atoms with van der Waals surface area (Å²) in [4.78, 5) is 19.9. The van der Waals surface area contributed by atoms with Crippen LogP contribution in [0.1, 0.15) is 68.6 Å². The average Bonchev–Trinajstić information content (AvgIpc) is 3.50. The fourth-order valence-corrected chi connectivity index (χ4v) is 4.96. The van der Waals surface area contributed by atoms with Crippen molar-refractivity contribution in [3.63, 3.8) is 0 Å². The number of ether oxygens (including phenoxy) is 1. The molecule has 0 radical (unpaired) electrons. The van der Waals surface area contributed by atoms with Crippen LogP contribution in [0.5, 0.6) is 5.88 Å². The first-order chi connectivity index (χ1) is 16.4. The highest BCUT2D eigenvalue weighted by atomic mass is 16.5. The van der Waals surface area contributed by atoms with Crippen LogP contribution >= 0.6 is 0 Å². The third kappa shape index (κ3) is 4.16. The standard InChI is InChI=1S/C28H32N4O2/c1-6-7-26(33)32(24-16-19(4)18(3)15-22(24)20-9-10-20)25-13-12-23-27(29-25)28(30-31(23)5)34-21-11-8-17(2)14-21/h12-13,15-17,20-21H,8-11,14H2,1-5H3. The van der Waals surface area contributed by atoms with Crippen LogP contribution in [0.15, 0.2) is 24.3 Å². The van der Waals surface area contributed by atoms with E-state index in [1.54, 1.807) is 16.5 Å². The van der Waals surface area contributed by atoms with Crippen molar-refractivity contribution in [2.45, 2.75) is 71.8 Å². The predicted molar refractivity (Wildman–Crippen MR) is 134 cm³/mol. The lowest BCUT2D eigenvalue weighted by Crippen LogP contribution is -2.26. The predicted octanol–water partition coefficient (Wildman–Crippen LogP) is 5.72. The molecule has 6 heteroatoms. The van der Waals surface area contributed by atoms with Gasteiger partial charge in [0.05, 0.1) is 11.2 Å². The lowest BCUT2D eigenvalue weighted by molar-refractivity contribution is -0.112. The SMILES string of the molecule is CC#CC(=O)N(c1ccc2c(n1)c(OC1CCC(C)C1)nn2C)c1cc(C)c(C)cc1C1CC1. The van der Waals surface area contributed by atoms with E-state index in [2.05, 4.69) is 49.8 Å². The first kappa shape index (κ1) is 22.5. The monoisotopic (exact) mass is 456 g/mol. The van der Waals surface area contributed by atoms with E-state index >= 15 is 0 Å². The van der Waals surface area contributed by atoms with Gasteiger partial charge in [-0.2, -0.15) is 0 Å². The molecule has 34 heavy (non-hydrogen) atoms. The van der Waals surface area contributed by atoms with Gasteiger partial charge in [-0.05, 0) is 106 Å². The summed E-state index contributed by atoms with van der Waals surface area (Å²) in [7, 11) is 1.90. The van der Waals surface area contributed by atoms with Crippen LogP contribution in [-0.2, 0) is 11.8 Å². The van der Waals surface area contributed by atoms with Gasteiger partial charge in [-0.25, -0.2) is 4.98 Å². The Morgan fingerprint density at radius 3 is 2.59 bits per heavy atom. The summed E-state index contributed by atoms with van der Waals surface area (Å²) in [6.07, 6.45) is 5.67. The molecule has 6 nitrogen and oxygen atoms in total. The minimum Gasteiger partial charge on any atom is -0.472 e. The van der Waals surface area contributed by atoms with Gasteiger partial charge in [-0.3, -0.25) is 14.4 Å². The highest BCUT2D eigenvalue weighted by molar-refractivity contribution is 6.11. The molecule has 1 amide bonds. The minimum absolute atomic E-state index is 0.156. The Hall–Kier alpha value is -3.33. The summed E-state index contributed by atoms with van der Waals surface area (Å²) >= 11 is 0. The molecular formula is C28H32N4O2. The van der Waals surface area contributed by atoms with Crippen LogP contribution in [0.3, 0.4) is 0 Å². The first-order valence-electron chi connectivity index (χ1n) is 12.2. The molecule has 2 aliphatic carbocycles. The molecule has 2 atom stereocenters. The van der Waals surface area contributed by atoms with Gasteiger partial charge in [0.2, 0.25) is 0 Å². The van der Waals surface area contributed by atoms with E-state index in [0.29, 0.717) is 29.1 Å². The van der Waals surface area contributed by atoms with Crippen molar-refractivity contribution in [2.24, 2.45) is 13.0 Å². The first-order valence-corrected chi connectivity index (χ1v) is 12.2. The normalized spacial score (nSPS) is 19.7. The smallest absolute Gasteiger partial charge is 0.308 e. The highest BCUT2D eigenvalue weighted by Crippen LogP contribution is 2.46. The van der Waals surface area contributed by atoms with Gasteiger partial charge in [-0.15, -0.1) is 5.10 Å². The summed E-state index contributed by atoms with van der Waals surface area (Å²) in [5, 5.41) is 4.61. The van der Waals surface area contributed by atoms with E-state index in [4.69, 9.17) is 9.72 Å². The van der Waals surface area contributed by atoms with Crippen LogP contribution in [0.4, 0.5) is 11.5 Å². The number of nitrogens with zero attached hydrogens (tertiary/aromatic N) is 4. The van der Waals surface area contributed by atoms with Crippen LogP contribution in [-0.4, -0.2) is 26.8 Å². The maximum Gasteiger partial charge on any atom is 0.308 e. The third-order valence-corrected chi connectivity index (χ3v) is 7.14. The Kier molecular flexibility index (Phi) is 5.81. The maximum atomic E-state index is 13.3. The zero-order valence-electron chi connectivity index (χ0n) is 20.7. The number of hydrogen-bond acceptors (Lipinski definition) is 4. The lowest BCUT2D eigenvalue weighted by atomic mass is 9.99. The van der Waals surface area contributed by atoms with Gasteiger partial charge in [0.15, 0.2) is 5.52 Å². The van der Waals surface area contributed by atoms with Gasteiger partial charge < -0.3 is 4.74 Å². The van der Waals surface area contributed by atoms with Crippen molar-refractivity contribution in [3.8, 4) is 17.7 Å². The largest absolute Gasteiger partial charge is 0.472 e. The summed E-state index contributed by atoms with van der Waals surface area (Å²) in [5.41, 5.74) is 6.00. The lowest BCUT2D eigenvalue weighted by Gasteiger charge is -2.24. The minimum atomic E-state index is -0.282. The molecule has 0 N–H and O–H groups in total. The molecule has 3 aromatic rings. The quantitative estimate of drug-likeness (QED) is 0.461. The van der Waals surface area contributed by atoms with Crippen molar-refractivity contribution in [3.05, 3.63) is 41.0 Å². The number of hydrogen-bond donors (Lipinski definition) is 0. The summed E-state index contributed by atoms with van der Waals surface area (Å²) in [6, 6.07) is 8.17. The maximum absolute atomic E-state index is 13.3. The molecule has 0 aliphatic heterocycles. The summed E-state index contributed by atoms with van der Waals surface area (Å²) in [6.45, 7) is 8.15. The van der Waals surface area contributed by atoms with Gasteiger partial charge >= 0.3 is 5.91 Å². The molecule has 2 aliphatic rings. The number of fused-ring (bicyclic) bond motifs is 1. The van der Waals surface area contributed by atoms with E-state index in [-0.39, 0.29) is 12.0 Å². The fourth-order valence-electron chi connectivity index (χ4n) is 4.96. The van der Waals surface area contributed by atoms with Crippen molar-refractivity contribution in [1.82, 2.24) is 14.8 Å². The second-order valence-electron chi connectivity index (χ2n) is 9.91. The number of aryl methyl sites for hydroxylation is 3. The average molecular weight is 457 g/mol. The topological polar surface area (TPSA) is 60.3 Å². The van der Waals surface area contributed by atoms with E-state index < -0.39 is 0 Å². The van der Waals surface area contributed by atoms with Crippen molar-refractivity contribution >= 4 is 28.4 Å². The molecule has 2 saturated carbocycles. The number of carbonyl (C=O) groups is 1. The van der Waals surface area contributed by atoms with Gasteiger partial charge in [0.1, 0.15) is 11.9 Å². The number of anilines is 2.